The highest BCUT2D eigenvalue weighted by atomic mass is 35.5. The minimum Gasteiger partial charge on any atom is -0.333 e. The van der Waals surface area contributed by atoms with Gasteiger partial charge in [0.25, 0.3) is 5.91 Å². The molecular formula is C14H18ClNO. The van der Waals surface area contributed by atoms with E-state index in [1.807, 2.05) is 4.90 Å². The molecule has 1 fully saturated rings. The lowest BCUT2D eigenvalue weighted by Gasteiger charge is -2.39. The lowest BCUT2D eigenvalue weighted by Crippen LogP contribution is -2.47. The number of benzene rings is 1. The predicted octanol–water partition coefficient (Wildman–Crippen LogP) is 3.74. The van der Waals surface area contributed by atoms with Gasteiger partial charge in [-0.25, -0.2) is 0 Å². The summed E-state index contributed by atoms with van der Waals surface area (Å²) in [7, 11) is 0. The maximum absolute atomic E-state index is 12.4. The second kappa shape index (κ2) is 5.09. The van der Waals surface area contributed by atoms with Crippen LogP contribution in [0.2, 0.25) is 5.02 Å². The molecule has 17 heavy (non-hydrogen) atoms. The first-order valence-corrected chi connectivity index (χ1v) is 6.55. The Morgan fingerprint density at radius 2 is 1.71 bits per heavy atom. The molecule has 3 heteroatoms. The van der Waals surface area contributed by atoms with Crippen molar-refractivity contribution in [3.05, 3.63) is 34.9 Å². The standard InChI is InChI=1S/C14H18ClNO/c1-10-4-3-5-11(2)16(10)14(17)12-6-8-13(15)9-7-12/h6-11H,3-5H2,1-2H3. The van der Waals surface area contributed by atoms with E-state index in [9.17, 15) is 4.79 Å². The van der Waals surface area contributed by atoms with Gasteiger partial charge in [-0.05, 0) is 57.4 Å². The van der Waals surface area contributed by atoms with Gasteiger partial charge in [-0.3, -0.25) is 4.79 Å². The van der Waals surface area contributed by atoms with Crippen molar-refractivity contribution in [3.63, 3.8) is 0 Å². The van der Waals surface area contributed by atoms with Crippen molar-refractivity contribution in [3.8, 4) is 0 Å². The molecule has 2 atom stereocenters. The first-order valence-electron chi connectivity index (χ1n) is 6.18. The molecule has 0 N–H and O–H groups in total. The van der Waals surface area contributed by atoms with Crippen LogP contribution in [-0.4, -0.2) is 22.9 Å². The van der Waals surface area contributed by atoms with E-state index in [1.54, 1.807) is 24.3 Å². The van der Waals surface area contributed by atoms with E-state index in [0.717, 1.165) is 18.4 Å². The molecule has 0 aromatic heterocycles. The number of amides is 1. The second-order valence-electron chi connectivity index (χ2n) is 4.85. The van der Waals surface area contributed by atoms with Gasteiger partial charge in [-0.2, -0.15) is 0 Å². The van der Waals surface area contributed by atoms with Crippen LogP contribution in [0.25, 0.3) is 0 Å². The van der Waals surface area contributed by atoms with Crippen LogP contribution >= 0.6 is 11.6 Å². The molecule has 0 bridgehead atoms. The fourth-order valence-electron chi connectivity index (χ4n) is 2.56. The van der Waals surface area contributed by atoms with E-state index in [-0.39, 0.29) is 5.91 Å². The first-order chi connectivity index (χ1) is 8.09. The van der Waals surface area contributed by atoms with Crippen LogP contribution in [0.15, 0.2) is 24.3 Å². The molecule has 0 aliphatic carbocycles. The molecule has 1 aliphatic rings. The third kappa shape index (κ3) is 2.63. The smallest absolute Gasteiger partial charge is 0.254 e. The fraction of sp³-hybridized carbons (Fsp3) is 0.500. The predicted molar refractivity (Wildman–Crippen MR) is 70.4 cm³/mol. The van der Waals surface area contributed by atoms with Crippen molar-refractivity contribution in [2.45, 2.75) is 45.2 Å². The van der Waals surface area contributed by atoms with Crippen LogP contribution in [0.3, 0.4) is 0 Å². The Morgan fingerprint density at radius 3 is 2.24 bits per heavy atom. The summed E-state index contributed by atoms with van der Waals surface area (Å²) >= 11 is 5.83. The first kappa shape index (κ1) is 12.4. The van der Waals surface area contributed by atoms with E-state index in [2.05, 4.69) is 13.8 Å². The zero-order valence-corrected chi connectivity index (χ0v) is 11.1. The summed E-state index contributed by atoms with van der Waals surface area (Å²) in [5, 5.41) is 0.668. The normalized spacial score (nSPS) is 24.8. The molecule has 1 heterocycles. The Labute approximate surface area is 108 Å². The van der Waals surface area contributed by atoms with Gasteiger partial charge in [-0.1, -0.05) is 11.6 Å². The summed E-state index contributed by atoms with van der Waals surface area (Å²) in [5.74, 6) is 0.126. The van der Waals surface area contributed by atoms with E-state index in [0.29, 0.717) is 17.1 Å². The van der Waals surface area contributed by atoms with Gasteiger partial charge in [0, 0.05) is 22.7 Å². The van der Waals surface area contributed by atoms with Gasteiger partial charge < -0.3 is 4.90 Å². The minimum absolute atomic E-state index is 0.126. The molecule has 0 saturated carbocycles. The number of halogens is 1. The van der Waals surface area contributed by atoms with Crippen molar-refractivity contribution in [1.29, 1.82) is 0 Å². The zero-order chi connectivity index (χ0) is 12.4. The Balaban J connectivity index is 2.20. The largest absolute Gasteiger partial charge is 0.333 e. The molecule has 1 aromatic rings. The van der Waals surface area contributed by atoms with Crippen molar-refractivity contribution in [2.24, 2.45) is 0 Å². The lowest BCUT2D eigenvalue weighted by atomic mass is 9.96. The van der Waals surface area contributed by atoms with Gasteiger partial charge in [0.15, 0.2) is 0 Å². The van der Waals surface area contributed by atoms with Crippen LogP contribution in [-0.2, 0) is 0 Å². The van der Waals surface area contributed by atoms with E-state index in [1.165, 1.54) is 6.42 Å². The van der Waals surface area contributed by atoms with Gasteiger partial charge in [0.05, 0.1) is 0 Å². The van der Waals surface area contributed by atoms with Crippen molar-refractivity contribution >= 4 is 17.5 Å². The molecule has 1 aliphatic heterocycles. The van der Waals surface area contributed by atoms with E-state index >= 15 is 0 Å². The summed E-state index contributed by atoms with van der Waals surface area (Å²) in [4.78, 5) is 14.4. The van der Waals surface area contributed by atoms with Gasteiger partial charge >= 0.3 is 0 Å². The second-order valence-corrected chi connectivity index (χ2v) is 5.28. The minimum atomic E-state index is 0.126. The van der Waals surface area contributed by atoms with Crippen molar-refractivity contribution in [2.75, 3.05) is 0 Å². The summed E-state index contributed by atoms with van der Waals surface area (Å²) in [6.45, 7) is 4.26. The molecule has 2 unspecified atom stereocenters. The average Bonchev–Trinajstić information content (AvgIpc) is 2.29. The molecule has 1 aromatic carbocycles. The van der Waals surface area contributed by atoms with Gasteiger partial charge in [-0.15, -0.1) is 0 Å². The molecule has 92 valence electrons. The van der Waals surface area contributed by atoms with Crippen molar-refractivity contribution in [1.82, 2.24) is 4.90 Å². The quantitative estimate of drug-likeness (QED) is 0.745. The highest BCUT2D eigenvalue weighted by Gasteiger charge is 2.29. The highest BCUT2D eigenvalue weighted by Crippen LogP contribution is 2.24. The highest BCUT2D eigenvalue weighted by molar-refractivity contribution is 6.30. The molecular weight excluding hydrogens is 234 g/mol. The molecule has 0 radical (unpaired) electrons. The lowest BCUT2D eigenvalue weighted by molar-refractivity contribution is 0.0511. The van der Waals surface area contributed by atoms with Crippen LogP contribution in [0.5, 0.6) is 0 Å². The Kier molecular flexibility index (Phi) is 3.72. The maximum Gasteiger partial charge on any atom is 0.254 e. The third-order valence-electron chi connectivity index (χ3n) is 3.52. The number of hydrogen-bond acceptors (Lipinski definition) is 1. The number of likely N-dealkylation sites (tertiary alicyclic amines) is 1. The summed E-state index contributed by atoms with van der Waals surface area (Å²) < 4.78 is 0. The Bertz CT molecular complexity index is 391. The van der Waals surface area contributed by atoms with Crippen molar-refractivity contribution < 1.29 is 4.79 Å². The van der Waals surface area contributed by atoms with Gasteiger partial charge in [0.1, 0.15) is 0 Å². The Hall–Kier alpha value is -1.02. The number of nitrogens with zero attached hydrogens (tertiary/aromatic N) is 1. The fourth-order valence-corrected chi connectivity index (χ4v) is 2.69. The average molecular weight is 252 g/mol. The molecule has 2 rings (SSSR count). The number of carbonyl (C=O) groups is 1. The van der Waals surface area contributed by atoms with Crippen LogP contribution in [0, 0.1) is 0 Å². The molecule has 0 spiro atoms. The SMILES string of the molecule is CC1CCCC(C)N1C(=O)c1ccc(Cl)cc1. The van der Waals surface area contributed by atoms with E-state index in [4.69, 9.17) is 11.6 Å². The number of piperidine rings is 1. The van der Waals surface area contributed by atoms with Crippen LogP contribution in [0.4, 0.5) is 0 Å². The Morgan fingerprint density at radius 1 is 1.18 bits per heavy atom. The number of carbonyl (C=O) groups excluding carboxylic acids is 1. The molecule has 1 saturated heterocycles. The van der Waals surface area contributed by atoms with E-state index < -0.39 is 0 Å². The van der Waals surface area contributed by atoms with Crippen LogP contribution in [0.1, 0.15) is 43.5 Å². The maximum atomic E-state index is 12.4. The van der Waals surface area contributed by atoms with Crippen LogP contribution < -0.4 is 0 Å². The summed E-state index contributed by atoms with van der Waals surface area (Å²) in [6, 6.07) is 7.82. The zero-order valence-electron chi connectivity index (χ0n) is 10.3. The third-order valence-corrected chi connectivity index (χ3v) is 3.77. The molecule has 2 nitrogen and oxygen atoms in total. The summed E-state index contributed by atoms with van der Waals surface area (Å²) in [5.41, 5.74) is 0.731. The molecule has 1 amide bonds. The number of rotatable bonds is 1. The van der Waals surface area contributed by atoms with Gasteiger partial charge in [0.2, 0.25) is 0 Å². The topological polar surface area (TPSA) is 20.3 Å². The monoisotopic (exact) mass is 251 g/mol. The number of hydrogen-bond donors (Lipinski definition) is 0. The summed E-state index contributed by atoms with van der Waals surface area (Å²) in [6.07, 6.45) is 3.42.